The van der Waals surface area contributed by atoms with Gasteiger partial charge in [0.1, 0.15) is 11.6 Å². The highest BCUT2D eigenvalue weighted by molar-refractivity contribution is 5.40. The monoisotopic (exact) mass is 267 g/mol. The van der Waals surface area contributed by atoms with E-state index in [2.05, 4.69) is 14.9 Å². The van der Waals surface area contributed by atoms with Gasteiger partial charge in [-0.15, -0.1) is 0 Å². The van der Waals surface area contributed by atoms with Crippen molar-refractivity contribution in [2.45, 2.75) is 45.0 Å². The van der Waals surface area contributed by atoms with E-state index in [9.17, 15) is 8.78 Å². The lowest BCUT2D eigenvalue weighted by atomic mass is 9.97. The standard InChI is InChI=1S/C14H19F2N3/c1-9-8-12(18-14(17-9)11-2-3-11)19-6-4-10(5-7-19)13(15)16/h8,10-11,13H,2-7H2,1H3. The highest BCUT2D eigenvalue weighted by Gasteiger charge is 2.29. The number of anilines is 1. The summed E-state index contributed by atoms with van der Waals surface area (Å²) in [4.78, 5) is 11.2. The molecule has 0 bridgehead atoms. The number of halogens is 2. The summed E-state index contributed by atoms with van der Waals surface area (Å²) in [7, 11) is 0. The molecule has 2 fully saturated rings. The van der Waals surface area contributed by atoms with E-state index in [1.54, 1.807) is 0 Å². The molecule has 3 rings (SSSR count). The van der Waals surface area contributed by atoms with Gasteiger partial charge < -0.3 is 4.90 Å². The zero-order chi connectivity index (χ0) is 13.4. The van der Waals surface area contributed by atoms with Gasteiger partial charge in [0.2, 0.25) is 6.43 Å². The van der Waals surface area contributed by atoms with Gasteiger partial charge in [0.25, 0.3) is 0 Å². The molecule has 0 amide bonds. The van der Waals surface area contributed by atoms with E-state index in [1.165, 1.54) is 12.8 Å². The van der Waals surface area contributed by atoms with Gasteiger partial charge in [-0.05, 0) is 32.6 Å². The first kappa shape index (κ1) is 12.8. The molecule has 2 heterocycles. The normalized spacial score (nSPS) is 21.2. The van der Waals surface area contributed by atoms with Crippen LogP contribution in [0, 0.1) is 12.8 Å². The largest absolute Gasteiger partial charge is 0.356 e. The fourth-order valence-corrected chi connectivity index (χ4v) is 2.64. The van der Waals surface area contributed by atoms with Crippen LogP contribution in [0.3, 0.4) is 0 Å². The molecular weight excluding hydrogens is 248 g/mol. The summed E-state index contributed by atoms with van der Waals surface area (Å²) >= 11 is 0. The Kier molecular flexibility index (Phi) is 3.37. The van der Waals surface area contributed by atoms with Gasteiger partial charge in [0, 0.05) is 36.7 Å². The molecule has 2 aliphatic rings. The van der Waals surface area contributed by atoms with Crippen molar-refractivity contribution in [1.82, 2.24) is 9.97 Å². The zero-order valence-electron chi connectivity index (χ0n) is 11.1. The molecule has 1 saturated heterocycles. The summed E-state index contributed by atoms with van der Waals surface area (Å²) in [6.07, 6.45) is 1.28. The van der Waals surface area contributed by atoms with Crippen LogP contribution in [0.5, 0.6) is 0 Å². The van der Waals surface area contributed by atoms with Crippen molar-refractivity contribution in [1.29, 1.82) is 0 Å². The summed E-state index contributed by atoms with van der Waals surface area (Å²) < 4.78 is 25.3. The van der Waals surface area contributed by atoms with Crippen LogP contribution in [0.1, 0.15) is 43.1 Å². The highest BCUT2D eigenvalue weighted by Crippen LogP contribution is 2.39. The summed E-state index contributed by atoms with van der Waals surface area (Å²) in [5, 5.41) is 0. The Labute approximate surface area is 112 Å². The molecule has 19 heavy (non-hydrogen) atoms. The highest BCUT2D eigenvalue weighted by atomic mass is 19.3. The Hall–Kier alpha value is -1.26. The average Bonchev–Trinajstić information content (AvgIpc) is 3.22. The molecule has 1 aliphatic heterocycles. The predicted molar refractivity (Wildman–Crippen MR) is 69.7 cm³/mol. The van der Waals surface area contributed by atoms with Gasteiger partial charge in [-0.3, -0.25) is 0 Å². The van der Waals surface area contributed by atoms with Crippen LogP contribution in [0.4, 0.5) is 14.6 Å². The Morgan fingerprint density at radius 1 is 1.16 bits per heavy atom. The van der Waals surface area contributed by atoms with E-state index >= 15 is 0 Å². The first-order valence-electron chi connectivity index (χ1n) is 7.02. The number of hydrogen-bond donors (Lipinski definition) is 0. The predicted octanol–water partition coefficient (Wildman–Crippen LogP) is 3.14. The Morgan fingerprint density at radius 2 is 1.84 bits per heavy atom. The van der Waals surface area contributed by atoms with E-state index < -0.39 is 12.3 Å². The fraction of sp³-hybridized carbons (Fsp3) is 0.714. The molecule has 1 aromatic rings. The van der Waals surface area contributed by atoms with E-state index in [0.717, 1.165) is 17.3 Å². The van der Waals surface area contributed by atoms with Crippen molar-refractivity contribution in [2.75, 3.05) is 18.0 Å². The van der Waals surface area contributed by atoms with E-state index in [1.807, 2.05) is 13.0 Å². The molecule has 0 aromatic carbocycles. The van der Waals surface area contributed by atoms with Crippen LogP contribution in [0.25, 0.3) is 0 Å². The molecule has 3 nitrogen and oxygen atoms in total. The third-order valence-electron chi connectivity index (χ3n) is 4.02. The van der Waals surface area contributed by atoms with E-state index in [4.69, 9.17) is 0 Å². The van der Waals surface area contributed by atoms with Crippen LogP contribution in [0.2, 0.25) is 0 Å². The Bertz CT molecular complexity index is 452. The summed E-state index contributed by atoms with van der Waals surface area (Å²) in [6.45, 7) is 3.33. The van der Waals surface area contributed by atoms with Crippen molar-refractivity contribution < 1.29 is 8.78 Å². The molecule has 1 aromatic heterocycles. The lowest BCUT2D eigenvalue weighted by Gasteiger charge is -2.32. The SMILES string of the molecule is Cc1cc(N2CCC(C(F)F)CC2)nc(C2CC2)n1. The molecule has 104 valence electrons. The summed E-state index contributed by atoms with van der Waals surface area (Å²) in [5.41, 5.74) is 0.975. The van der Waals surface area contributed by atoms with Crippen LogP contribution in [-0.2, 0) is 0 Å². The quantitative estimate of drug-likeness (QED) is 0.842. The molecule has 5 heteroatoms. The topological polar surface area (TPSA) is 29.0 Å². The average molecular weight is 267 g/mol. The molecule has 0 radical (unpaired) electrons. The number of aromatic nitrogens is 2. The molecule has 0 spiro atoms. The molecule has 0 atom stereocenters. The number of rotatable bonds is 3. The summed E-state index contributed by atoms with van der Waals surface area (Å²) in [6, 6.07) is 1.97. The number of hydrogen-bond acceptors (Lipinski definition) is 3. The summed E-state index contributed by atoms with van der Waals surface area (Å²) in [5.74, 6) is 1.94. The second-order valence-electron chi connectivity index (χ2n) is 5.66. The third kappa shape index (κ3) is 2.85. The van der Waals surface area contributed by atoms with E-state index in [0.29, 0.717) is 31.8 Å². The fourth-order valence-electron chi connectivity index (χ4n) is 2.64. The maximum absolute atomic E-state index is 12.6. The Balaban J connectivity index is 1.72. The second kappa shape index (κ2) is 5.02. The van der Waals surface area contributed by atoms with Crippen LogP contribution < -0.4 is 4.90 Å². The smallest absolute Gasteiger partial charge is 0.241 e. The van der Waals surface area contributed by atoms with Gasteiger partial charge in [-0.1, -0.05) is 0 Å². The van der Waals surface area contributed by atoms with Gasteiger partial charge in [0.15, 0.2) is 0 Å². The number of piperidine rings is 1. The van der Waals surface area contributed by atoms with Crippen LogP contribution >= 0.6 is 0 Å². The van der Waals surface area contributed by atoms with Crippen molar-refractivity contribution in [3.63, 3.8) is 0 Å². The van der Waals surface area contributed by atoms with Gasteiger partial charge in [0.05, 0.1) is 0 Å². The molecule has 1 saturated carbocycles. The molecule has 1 aliphatic carbocycles. The Morgan fingerprint density at radius 3 is 2.42 bits per heavy atom. The minimum Gasteiger partial charge on any atom is -0.356 e. The maximum atomic E-state index is 12.6. The third-order valence-corrected chi connectivity index (χ3v) is 4.02. The van der Waals surface area contributed by atoms with Crippen LogP contribution in [-0.4, -0.2) is 29.5 Å². The number of nitrogens with zero attached hydrogens (tertiary/aromatic N) is 3. The molecular formula is C14H19F2N3. The lowest BCUT2D eigenvalue weighted by Crippen LogP contribution is -2.36. The number of aryl methyl sites for hydroxylation is 1. The molecule has 0 N–H and O–H groups in total. The first-order chi connectivity index (χ1) is 9.13. The van der Waals surface area contributed by atoms with Gasteiger partial charge >= 0.3 is 0 Å². The zero-order valence-corrected chi connectivity index (χ0v) is 11.1. The van der Waals surface area contributed by atoms with Crippen LogP contribution in [0.15, 0.2) is 6.07 Å². The van der Waals surface area contributed by atoms with E-state index in [-0.39, 0.29) is 0 Å². The van der Waals surface area contributed by atoms with Gasteiger partial charge in [-0.2, -0.15) is 0 Å². The lowest BCUT2D eigenvalue weighted by molar-refractivity contribution is 0.0635. The number of alkyl halides is 2. The first-order valence-corrected chi connectivity index (χ1v) is 7.02. The van der Waals surface area contributed by atoms with Gasteiger partial charge in [-0.25, -0.2) is 18.7 Å². The molecule has 0 unspecified atom stereocenters. The minimum absolute atomic E-state index is 0.443. The maximum Gasteiger partial charge on any atom is 0.241 e. The second-order valence-corrected chi connectivity index (χ2v) is 5.66. The minimum atomic E-state index is -2.18. The van der Waals surface area contributed by atoms with Crippen molar-refractivity contribution in [3.8, 4) is 0 Å². The van der Waals surface area contributed by atoms with Crippen molar-refractivity contribution >= 4 is 5.82 Å². The van der Waals surface area contributed by atoms with Crippen molar-refractivity contribution in [3.05, 3.63) is 17.6 Å². The van der Waals surface area contributed by atoms with Crippen molar-refractivity contribution in [2.24, 2.45) is 5.92 Å².